The van der Waals surface area contributed by atoms with Crippen LogP contribution in [0.25, 0.3) is 10.9 Å². The summed E-state index contributed by atoms with van der Waals surface area (Å²) < 4.78 is 0. The molecular formula is C50H60N10O6. The molecule has 0 aliphatic heterocycles. The maximum atomic E-state index is 14.8. The third kappa shape index (κ3) is 13.3. The van der Waals surface area contributed by atoms with E-state index in [1.165, 1.54) is 6.92 Å². The molecule has 12 N–H and O–H groups in total. The van der Waals surface area contributed by atoms with Crippen LogP contribution in [0, 0.1) is 5.41 Å². The second-order valence-corrected chi connectivity index (χ2v) is 17.0. The van der Waals surface area contributed by atoms with Crippen LogP contribution < -0.4 is 43.4 Å². The van der Waals surface area contributed by atoms with Gasteiger partial charge in [-0.2, -0.15) is 0 Å². The molecular weight excluding hydrogens is 837 g/mol. The fourth-order valence-corrected chi connectivity index (χ4v) is 8.48. The molecule has 0 radical (unpaired) electrons. The largest absolute Gasteiger partial charge is 0.370 e. The highest BCUT2D eigenvalue weighted by atomic mass is 16.2. The normalized spacial score (nSPS) is 17.5. The number of amides is 6. The first-order chi connectivity index (χ1) is 31.8. The zero-order valence-corrected chi connectivity index (χ0v) is 37.1. The van der Waals surface area contributed by atoms with Gasteiger partial charge in [-0.3, -0.25) is 34.2 Å². The number of guanidine groups is 1. The molecule has 0 unspecified atom stereocenters. The molecule has 1 heterocycles. The van der Waals surface area contributed by atoms with Crippen LogP contribution in [0.1, 0.15) is 73.6 Å². The van der Waals surface area contributed by atoms with Crippen molar-refractivity contribution in [1.29, 1.82) is 5.41 Å². The lowest BCUT2D eigenvalue weighted by Gasteiger charge is -2.40. The van der Waals surface area contributed by atoms with Crippen LogP contribution in [0.5, 0.6) is 0 Å². The van der Waals surface area contributed by atoms with Gasteiger partial charge in [0, 0.05) is 36.5 Å². The smallest absolute Gasteiger partial charge is 0.246 e. The number of para-hydroxylation sites is 1. The van der Waals surface area contributed by atoms with E-state index >= 15 is 0 Å². The fraction of sp³-hybridized carbons (Fsp3) is 0.340. The number of fused-ring (bicyclic) bond motifs is 1. The highest BCUT2D eigenvalue weighted by Gasteiger charge is 2.45. The molecule has 0 saturated heterocycles. The number of nitrogens with two attached hydrogens (primary N) is 2. The van der Waals surface area contributed by atoms with Gasteiger partial charge in [0.2, 0.25) is 35.4 Å². The molecule has 16 nitrogen and oxygen atoms in total. The van der Waals surface area contributed by atoms with Crippen LogP contribution in [0.3, 0.4) is 0 Å². The van der Waals surface area contributed by atoms with Gasteiger partial charge in [0.25, 0.3) is 0 Å². The monoisotopic (exact) mass is 896 g/mol. The summed E-state index contributed by atoms with van der Waals surface area (Å²) in [6.07, 6.45) is 4.05. The number of benzene rings is 4. The van der Waals surface area contributed by atoms with Gasteiger partial charge in [-0.25, -0.2) is 0 Å². The van der Waals surface area contributed by atoms with E-state index in [2.05, 4.69) is 49.0 Å². The van der Waals surface area contributed by atoms with E-state index in [1.807, 2.05) is 103 Å². The van der Waals surface area contributed by atoms with Crippen molar-refractivity contribution in [2.75, 3.05) is 6.54 Å². The summed E-state index contributed by atoms with van der Waals surface area (Å²) in [4.78, 5) is 86.6. The summed E-state index contributed by atoms with van der Waals surface area (Å²) in [7, 11) is 0. The second-order valence-electron chi connectivity index (χ2n) is 17.0. The average Bonchev–Trinajstić information content (AvgIpc) is 3.72. The Balaban J connectivity index is 1.27. The summed E-state index contributed by atoms with van der Waals surface area (Å²) >= 11 is 0. The summed E-state index contributed by atoms with van der Waals surface area (Å²) in [5, 5.41) is 25.5. The number of H-pyrrole nitrogens is 1. The Morgan fingerprint density at radius 1 is 0.697 bits per heavy atom. The molecule has 0 bridgehead atoms. The molecule has 16 heteroatoms. The molecule has 0 spiro atoms. The minimum Gasteiger partial charge on any atom is -0.370 e. The SMILES string of the molecule is C[C@H](NC(=O)[C@H](Cc1c[nH]c2ccccc12)NC(=O)[C@H](CCCNC(=N)N)NC(=O)[C@@H](Cc1ccccc1)NC(=O)[C@]1(NC(=O)Cc2ccccc2)CC[C@@H](c2ccccc2)CC1)C(N)=O. The molecule has 6 amide bonds. The second kappa shape index (κ2) is 22.9. The third-order valence-electron chi connectivity index (χ3n) is 12.2. The van der Waals surface area contributed by atoms with Crippen molar-refractivity contribution in [3.63, 3.8) is 0 Å². The number of hydrogen-bond acceptors (Lipinski definition) is 7. The molecule has 6 rings (SSSR count). The van der Waals surface area contributed by atoms with Gasteiger partial charge in [-0.15, -0.1) is 0 Å². The highest BCUT2D eigenvalue weighted by Crippen LogP contribution is 2.38. The van der Waals surface area contributed by atoms with E-state index in [0.717, 1.165) is 33.2 Å². The number of aromatic amines is 1. The van der Waals surface area contributed by atoms with Crippen LogP contribution in [-0.4, -0.2) is 82.6 Å². The zero-order chi connectivity index (χ0) is 47.1. The van der Waals surface area contributed by atoms with Crippen LogP contribution in [-0.2, 0) is 48.0 Å². The predicted molar refractivity (Wildman–Crippen MR) is 253 cm³/mol. The third-order valence-corrected chi connectivity index (χ3v) is 12.2. The Bertz CT molecular complexity index is 2450. The molecule has 1 fully saturated rings. The summed E-state index contributed by atoms with van der Waals surface area (Å²) in [5.41, 5.74) is 13.9. The Labute approximate surface area is 384 Å². The molecule has 1 aliphatic carbocycles. The van der Waals surface area contributed by atoms with Crippen LogP contribution in [0.15, 0.2) is 121 Å². The number of nitrogens with one attached hydrogen (secondary N) is 8. The van der Waals surface area contributed by atoms with Gasteiger partial charge in [0.1, 0.15) is 29.7 Å². The minimum atomic E-state index is -1.34. The van der Waals surface area contributed by atoms with Crippen molar-refractivity contribution >= 4 is 52.3 Å². The topological polar surface area (TPSA) is 266 Å². The van der Waals surface area contributed by atoms with Crippen molar-refractivity contribution in [3.05, 3.63) is 144 Å². The molecule has 1 saturated carbocycles. The Morgan fingerprint density at radius 3 is 1.91 bits per heavy atom. The summed E-state index contributed by atoms with van der Waals surface area (Å²) in [5.74, 6) is -3.76. The van der Waals surface area contributed by atoms with Crippen molar-refractivity contribution in [2.45, 2.75) is 100 Å². The molecule has 66 heavy (non-hydrogen) atoms. The van der Waals surface area contributed by atoms with Gasteiger partial charge >= 0.3 is 0 Å². The lowest BCUT2D eigenvalue weighted by Crippen LogP contribution is -2.64. The summed E-state index contributed by atoms with van der Waals surface area (Å²) in [6, 6.07) is 31.2. The predicted octanol–water partition coefficient (Wildman–Crippen LogP) is 3.12. The number of primary amides is 1. The molecule has 346 valence electrons. The number of carbonyl (C=O) groups is 6. The first-order valence-electron chi connectivity index (χ1n) is 22.4. The van der Waals surface area contributed by atoms with Crippen molar-refractivity contribution < 1.29 is 28.8 Å². The maximum absolute atomic E-state index is 14.8. The van der Waals surface area contributed by atoms with Gasteiger partial charge < -0.3 is 48.4 Å². The van der Waals surface area contributed by atoms with Gasteiger partial charge in [-0.1, -0.05) is 109 Å². The lowest BCUT2D eigenvalue weighted by atomic mass is 9.73. The first kappa shape index (κ1) is 48.0. The zero-order valence-electron chi connectivity index (χ0n) is 37.1. The number of aromatic nitrogens is 1. The van der Waals surface area contributed by atoms with E-state index in [9.17, 15) is 28.8 Å². The van der Waals surface area contributed by atoms with E-state index in [1.54, 1.807) is 6.20 Å². The summed E-state index contributed by atoms with van der Waals surface area (Å²) in [6.45, 7) is 1.63. The Kier molecular flexibility index (Phi) is 16.7. The lowest BCUT2D eigenvalue weighted by molar-refractivity contribution is -0.138. The van der Waals surface area contributed by atoms with Crippen molar-refractivity contribution in [1.82, 2.24) is 36.9 Å². The van der Waals surface area contributed by atoms with Crippen molar-refractivity contribution in [3.8, 4) is 0 Å². The standard InChI is InChI=1S/C50H60N10O6/c1-32(44(51)62)56-46(64)42(30-37-31-55-39-21-12-11-20-38(37)39)58-45(63)40(22-13-27-54-49(52)53)57-47(65)41(28-33-14-5-2-6-15-33)59-48(66)50(60-43(61)29-34-16-7-3-8-17-34)25-23-36(24-26-50)35-18-9-4-10-19-35/h2-12,14-21,31-32,36,40-42,55H,13,22-30H2,1H3,(H2,51,62)(H,56,64)(H,57,65)(H,58,63)(H,59,66)(H,60,61)(H4,52,53,54)/t32-,36-,40-,41+,42-,50+/m0/s1. The van der Waals surface area contributed by atoms with E-state index in [0.29, 0.717) is 25.7 Å². The van der Waals surface area contributed by atoms with Gasteiger partial charge in [-0.05, 0) is 79.7 Å². The van der Waals surface area contributed by atoms with Crippen molar-refractivity contribution in [2.24, 2.45) is 11.5 Å². The van der Waals surface area contributed by atoms with E-state index in [4.69, 9.17) is 16.9 Å². The fourth-order valence-electron chi connectivity index (χ4n) is 8.48. The van der Waals surface area contributed by atoms with Crippen LogP contribution >= 0.6 is 0 Å². The molecule has 1 aromatic heterocycles. The Morgan fingerprint density at radius 2 is 1.26 bits per heavy atom. The number of hydrogen-bond donors (Lipinski definition) is 10. The minimum absolute atomic E-state index is 0.0233. The van der Waals surface area contributed by atoms with E-state index < -0.39 is 59.2 Å². The molecule has 4 aromatic carbocycles. The molecule has 1 aliphatic rings. The van der Waals surface area contributed by atoms with Crippen LogP contribution in [0.2, 0.25) is 0 Å². The molecule has 4 atom stereocenters. The maximum Gasteiger partial charge on any atom is 0.246 e. The molecule has 5 aromatic rings. The van der Waals surface area contributed by atoms with Gasteiger partial charge in [0.15, 0.2) is 5.96 Å². The first-order valence-corrected chi connectivity index (χ1v) is 22.4. The van der Waals surface area contributed by atoms with E-state index in [-0.39, 0.29) is 56.4 Å². The quantitative estimate of drug-likeness (QED) is 0.0297. The number of carbonyl (C=O) groups excluding carboxylic acids is 6. The van der Waals surface area contributed by atoms with Crippen LogP contribution in [0.4, 0.5) is 0 Å². The Hall–Kier alpha value is -7.49. The number of rotatable bonds is 21. The average molecular weight is 897 g/mol. The highest BCUT2D eigenvalue weighted by molar-refractivity contribution is 5.98. The van der Waals surface area contributed by atoms with Gasteiger partial charge in [0.05, 0.1) is 6.42 Å².